The fourth-order valence-electron chi connectivity index (χ4n) is 14.5. The Morgan fingerprint density at radius 1 is 0.652 bits per heavy atom. The van der Waals surface area contributed by atoms with E-state index in [4.69, 9.17) is 28.4 Å². The average molecular weight is 943 g/mol. The summed E-state index contributed by atoms with van der Waals surface area (Å²) in [5.74, 6) is 0.224. The second-order valence-electron chi connectivity index (χ2n) is 23.1. The van der Waals surface area contributed by atoms with Gasteiger partial charge in [-0.1, -0.05) is 59.3 Å². The van der Waals surface area contributed by atoms with E-state index in [-0.39, 0.29) is 41.3 Å². The van der Waals surface area contributed by atoms with Crippen molar-refractivity contribution >= 4 is 0 Å². The van der Waals surface area contributed by atoms with Crippen molar-refractivity contribution in [1.29, 1.82) is 0 Å². The van der Waals surface area contributed by atoms with Crippen LogP contribution in [0.2, 0.25) is 0 Å². The Balaban J connectivity index is 1.04. The first-order valence-electron chi connectivity index (χ1n) is 24.1. The maximum absolute atomic E-state index is 12.1. The van der Waals surface area contributed by atoms with Gasteiger partial charge in [0.05, 0.1) is 38.1 Å². The molecule has 24 unspecified atom stereocenters. The Kier molecular flexibility index (Phi) is 14.0. The molecule has 5 aliphatic carbocycles. The summed E-state index contributed by atoms with van der Waals surface area (Å²) >= 11 is 0. The van der Waals surface area contributed by atoms with Crippen LogP contribution >= 0.6 is 0 Å². The molecule has 3 saturated heterocycles. The van der Waals surface area contributed by atoms with E-state index in [9.17, 15) is 61.3 Å². The van der Waals surface area contributed by atoms with E-state index in [0.29, 0.717) is 25.7 Å². The van der Waals surface area contributed by atoms with Gasteiger partial charge in [0.25, 0.3) is 0 Å². The molecule has 0 aromatic heterocycles. The minimum atomic E-state index is -1.77. The molecule has 18 heteroatoms. The van der Waals surface area contributed by atoms with Gasteiger partial charge in [0.15, 0.2) is 18.9 Å². The second-order valence-corrected chi connectivity index (χ2v) is 23.1. The SMILES string of the molecule is CC1OC(OC2C(COC3OC(CO)C(O)C(O)C3O)OC(OC3CCC4(C)C(CCC5(C)C4C=CC4=C6CC(C)(CO)CCC6(CO)C(O)CC45C)C3(C)C)C(O)C2O)C(O)C(O)C1O. The highest BCUT2D eigenvalue weighted by atomic mass is 16.8. The Morgan fingerprint density at radius 3 is 1.95 bits per heavy atom. The summed E-state index contributed by atoms with van der Waals surface area (Å²) in [4.78, 5) is 0. The molecule has 378 valence electrons. The molecule has 0 aromatic carbocycles. The molecule has 66 heavy (non-hydrogen) atoms. The number of rotatable bonds is 10. The van der Waals surface area contributed by atoms with Crippen molar-refractivity contribution in [2.24, 2.45) is 44.3 Å². The number of aliphatic hydroxyl groups excluding tert-OH is 12. The highest BCUT2D eigenvalue weighted by Gasteiger charge is 2.68. The fourth-order valence-corrected chi connectivity index (χ4v) is 14.5. The van der Waals surface area contributed by atoms with Crippen molar-refractivity contribution in [3.63, 3.8) is 0 Å². The third-order valence-corrected chi connectivity index (χ3v) is 19.0. The predicted octanol–water partition coefficient (Wildman–Crippen LogP) is -0.495. The van der Waals surface area contributed by atoms with Crippen LogP contribution in [0.4, 0.5) is 0 Å². The number of aliphatic hydroxyl groups is 12. The topological polar surface area (TPSA) is 298 Å². The number of hydrogen-bond donors (Lipinski definition) is 12. The normalized spacial score (nSPS) is 54.8. The Morgan fingerprint density at radius 2 is 1.29 bits per heavy atom. The molecule has 0 aromatic rings. The largest absolute Gasteiger partial charge is 0.396 e. The van der Waals surface area contributed by atoms with E-state index in [1.165, 1.54) is 12.5 Å². The summed E-state index contributed by atoms with van der Waals surface area (Å²) in [5, 5.41) is 130. The van der Waals surface area contributed by atoms with E-state index in [0.717, 1.165) is 31.3 Å². The fraction of sp³-hybridized carbons (Fsp3) is 0.917. The van der Waals surface area contributed by atoms with Gasteiger partial charge >= 0.3 is 0 Å². The zero-order valence-electron chi connectivity index (χ0n) is 39.4. The zero-order chi connectivity index (χ0) is 48.3. The van der Waals surface area contributed by atoms with E-state index < -0.39 is 134 Å². The Bertz CT molecular complexity index is 1810. The molecule has 0 spiro atoms. The van der Waals surface area contributed by atoms with Gasteiger partial charge in [-0.3, -0.25) is 0 Å². The van der Waals surface area contributed by atoms with Crippen molar-refractivity contribution in [2.75, 3.05) is 26.4 Å². The molecular weight excluding hydrogens is 865 g/mol. The van der Waals surface area contributed by atoms with Crippen molar-refractivity contribution in [2.45, 2.75) is 204 Å². The standard InChI is InChI=1S/C48H78O18/c1-22-31(53)33(55)37(59)41(62-22)66-39-26(19-61-40-36(58)34(56)32(54)25(18-49)63-40)64-42(38(60)35(39)57)65-30-11-12-45(5)27(43(30,2)3)10-13-46(6)28(45)9-8-23-24-16-44(4,20-50)14-15-48(24,21-51)29(52)17-47(23,46)7/h8-9,22,25-42,49-60H,10-21H2,1-7H3. The third kappa shape index (κ3) is 7.84. The third-order valence-electron chi connectivity index (χ3n) is 19.0. The molecule has 0 amide bonds. The molecule has 0 radical (unpaired) electrons. The van der Waals surface area contributed by atoms with E-state index >= 15 is 0 Å². The Hall–Kier alpha value is -1.24. The summed E-state index contributed by atoms with van der Waals surface area (Å²) in [6.45, 7) is 13.5. The summed E-state index contributed by atoms with van der Waals surface area (Å²) in [7, 11) is 0. The first-order valence-corrected chi connectivity index (χ1v) is 24.1. The van der Waals surface area contributed by atoms with Gasteiger partial charge in [0.2, 0.25) is 0 Å². The van der Waals surface area contributed by atoms with Gasteiger partial charge in [0, 0.05) is 17.4 Å². The van der Waals surface area contributed by atoms with Crippen LogP contribution in [0.1, 0.15) is 99.8 Å². The van der Waals surface area contributed by atoms with Gasteiger partial charge in [-0.25, -0.2) is 0 Å². The van der Waals surface area contributed by atoms with Gasteiger partial charge < -0.3 is 89.7 Å². The molecule has 8 rings (SSSR count). The van der Waals surface area contributed by atoms with E-state index in [1.54, 1.807) is 0 Å². The zero-order valence-corrected chi connectivity index (χ0v) is 39.4. The van der Waals surface area contributed by atoms with Gasteiger partial charge in [0.1, 0.15) is 67.1 Å². The lowest BCUT2D eigenvalue weighted by molar-refractivity contribution is -0.373. The summed E-state index contributed by atoms with van der Waals surface area (Å²) < 4.78 is 36.2. The van der Waals surface area contributed by atoms with Gasteiger partial charge in [-0.2, -0.15) is 0 Å². The first kappa shape index (κ1) is 51.1. The summed E-state index contributed by atoms with van der Waals surface area (Å²) in [6.07, 6.45) is -14.4. The van der Waals surface area contributed by atoms with Crippen LogP contribution < -0.4 is 0 Å². The Labute approximate surface area is 387 Å². The van der Waals surface area contributed by atoms with E-state index in [2.05, 4.69) is 53.7 Å². The van der Waals surface area contributed by atoms with Gasteiger partial charge in [-0.05, 0) is 97.4 Å². The van der Waals surface area contributed by atoms with E-state index in [1.807, 2.05) is 0 Å². The van der Waals surface area contributed by atoms with Crippen LogP contribution in [-0.2, 0) is 28.4 Å². The van der Waals surface area contributed by atoms with Crippen molar-refractivity contribution < 1.29 is 89.7 Å². The van der Waals surface area contributed by atoms with Crippen LogP contribution in [0.5, 0.6) is 0 Å². The maximum Gasteiger partial charge on any atom is 0.187 e. The van der Waals surface area contributed by atoms with Crippen molar-refractivity contribution in [3.8, 4) is 0 Å². The lowest BCUT2D eigenvalue weighted by Gasteiger charge is -2.70. The van der Waals surface area contributed by atoms with Crippen LogP contribution in [0.15, 0.2) is 23.3 Å². The highest BCUT2D eigenvalue weighted by Crippen LogP contribution is 2.74. The second kappa shape index (κ2) is 18.1. The predicted molar refractivity (Wildman–Crippen MR) is 231 cm³/mol. The van der Waals surface area contributed by atoms with Gasteiger partial charge in [-0.15, -0.1) is 0 Å². The molecule has 3 heterocycles. The molecule has 6 fully saturated rings. The quantitative estimate of drug-likeness (QED) is 0.123. The number of fused-ring (bicyclic) bond motifs is 6. The monoisotopic (exact) mass is 943 g/mol. The van der Waals surface area contributed by atoms with Crippen molar-refractivity contribution in [3.05, 3.63) is 23.3 Å². The van der Waals surface area contributed by atoms with Crippen LogP contribution in [0, 0.1) is 44.3 Å². The number of allylic oxidation sites excluding steroid dienone is 3. The molecule has 12 N–H and O–H groups in total. The average Bonchev–Trinajstić information content (AvgIpc) is 3.27. The number of ether oxygens (including phenoxy) is 6. The lowest BCUT2D eigenvalue weighted by atomic mass is 9.35. The molecular formula is C48H78O18. The number of hydrogen-bond acceptors (Lipinski definition) is 18. The minimum Gasteiger partial charge on any atom is -0.396 e. The molecule has 18 nitrogen and oxygen atoms in total. The highest BCUT2D eigenvalue weighted by molar-refractivity contribution is 5.47. The first-order chi connectivity index (χ1) is 30.9. The summed E-state index contributed by atoms with van der Waals surface area (Å²) in [5.41, 5.74) is -0.197. The van der Waals surface area contributed by atoms with Crippen LogP contribution in [0.3, 0.4) is 0 Å². The molecule has 3 aliphatic heterocycles. The molecule has 0 bridgehead atoms. The summed E-state index contributed by atoms with van der Waals surface area (Å²) in [6, 6.07) is 0. The minimum absolute atomic E-state index is 0.0300. The van der Waals surface area contributed by atoms with Crippen LogP contribution in [0.25, 0.3) is 0 Å². The molecule has 24 atom stereocenters. The maximum atomic E-state index is 12.1. The molecule has 3 saturated carbocycles. The van der Waals surface area contributed by atoms with Crippen molar-refractivity contribution in [1.82, 2.24) is 0 Å². The smallest absolute Gasteiger partial charge is 0.187 e. The lowest BCUT2D eigenvalue weighted by Crippen LogP contribution is -2.66. The molecule has 8 aliphatic rings. The van der Waals surface area contributed by atoms with Crippen LogP contribution in [-0.4, -0.2) is 192 Å².